The van der Waals surface area contributed by atoms with E-state index in [0.29, 0.717) is 24.7 Å². The number of nitrogens with zero attached hydrogens (tertiary/aromatic N) is 5. The molecule has 0 bridgehead atoms. The highest BCUT2D eigenvalue weighted by Crippen LogP contribution is 2.28. The van der Waals surface area contributed by atoms with E-state index < -0.39 is 4.92 Å². The van der Waals surface area contributed by atoms with E-state index in [1.54, 1.807) is 12.3 Å². The van der Waals surface area contributed by atoms with Gasteiger partial charge < -0.3 is 14.1 Å². The molecule has 0 fully saturated rings. The van der Waals surface area contributed by atoms with Crippen LogP contribution < -0.4 is 4.74 Å². The number of aromatic nitrogens is 2. The average molecular weight is 319 g/mol. The molecule has 0 aliphatic carbocycles. The minimum atomic E-state index is -0.607. The van der Waals surface area contributed by atoms with Crippen LogP contribution in [0.5, 0.6) is 5.88 Å². The Morgan fingerprint density at radius 2 is 2.22 bits per heavy atom. The molecule has 0 saturated carbocycles. The summed E-state index contributed by atoms with van der Waals surface area (Å²) in [6.07, 6.45) is 1.67. The van der Waals surface area contributed by atoms with E-state index in [1.807, 2.05) is 25.9 Å². The average Bonchev–Trinajstić information content (AvgIpc) is 2.97. The molecule has 2 aromatic rings. The maximum absolute atomic E-state index is 10.7. The SMILES string of the molecule is CCOc1cc(-c2ccc([N+](=O)[O-])o2)nc(N=CCN(C)C)n1. The smallest absolute Gasteiger partial charge is 0.433 e. The number of nitro groups is 1. The van der Waals surface area contributed by atoms with Gasteiger partial charge in [0, 0.05) is 18.8 Å². The van der Waals surface area contributed by atoms with E-state index >= 15 is 0 Å². The zero-order valence-electron chi connectivity index (χ0n) is 13.1. The van der Waals surface area contributed by atoms with Gasteiger partial charge >= 0.3 is 5.88 Å². The highest BCUT2D eigenvalue weighted by molar-refractivity contribution is 5.64. The van der Waals surface area contributed by atoms with Crippen LogP contribution in [0.25, 0.3) is 11.5 Å². The van der Waals surface area contributed by atoms with Gasteiger partial charge in [0.2, 0.25) is 5.88 Å². The maximum atomic E-state index is 10.7. The number of hydrogen-bond acceptors (Lipinski definition) is 8. The van der Waals surface area contributed by atoms with Crippen molar-refractivity contribution < 1.29 is 14.1 Å². The lowest BCUT2D eigenvalue weighted by molar-refractivity contribution is -0.401. The predicted octanol–water partition coefficient (Wildman–Crippen LogP) is 2.31. The first-order chi connectivity index (χ1) is 11.0. The second kappa shape index (κ2) is 7.45. The van der Waals surface area contributed by atoms with Crippen LogP contribution in [-0.4, -0.2) is 53.3 Å². The van der Waals surface area contributed by atoms with Crippen molar-refractivity contribution in [3.63, 3.8) is 0 Å². The topological polar surface area (TPSA) is 107 Å². The molecule has 122 valence electrons. The van der Waals surface area contributed by atoms with Gasteiger partial charge in [0.15, 0.2) is 5.76 Å². The third-order valence-corrected chi connectivity index (χ3v) is 2.66. The summed E-state index contributed by atoms with van der Waals surface area (Å²) in [5, 5.41) is 10.7. The molecular weight excluding hydrogens is 302 g/mol. The maximum Gasteiger partial charge on any atom is 0.433 e. The number of aliphatic imine (C=N–C) groups is 1. The van der Waals surface area contributed by atoms with Crippen molar-refractivity contribution in [3.8, 4) is 17.3 Å². The molecule has 2 aromatic heterocycles. The highest BCUT2D eigenvalue weighted by Gasteiger charge is 2.16. The molecule has 9 nitrogen and oxygen atoms in total. The molecule has 23 heavy (non-hydrogen) atoms. The molecule has 0 spiro atoms. The second-order valence-corrected chi connectivity index (χ2v) is 4.79. The molecule has 0 saturated heterocycles. The molecule has 0 N–H and O–H groups in total. The Balaban J connectivity index is 2.35. The Morgan fingerprint density at radius 1 is 1.43 bits per heavy atom. The molecule has 0 atom stereocenters. The van der Waals surface area contributed by atoms with Crippen LogP contribution in [0.15, 0.2) is 27.6 Å². The lowest BCUT2D eigenvalue weighted by Gasteiger charge is -2.05. The van der Waals surface area contributed by atoms with Crippen LogP contribution in [0.1, 0.15) is 6.92 Å². The van der Waals surface area contributed by atoms with Crippen molar-refractivity contribution in [1.29, 1.82) is 0 Å². The number of rotatable bonds is 7. The summed E-state index contributed by atoms with van der Waals surface area (Å²) in [6.45, 7) is 2.88. The molecule has 0 radical (unpaired) electrons. The van der Waals surface area contributed by atoms with Gasteiger partial charge in [-0.2, -0.15) is 4.98 Å². The normalized spacial score (nSPS) is 11.3. The van der Waals surface area contributed by atoms with Crippen LogP contribution in [0.4, 0.5) is 11.8 Å². The Bertz CT molecular complexity index is 711. The van der Waals surface area contributed by atoms with Crippen LogP contribution in [0.2, 0.25) is 0 Å². The van der Waals surface area contributed by atoms with E-state index in [0.717, 1.165) is 0 Å². The van der Waals surface area contributed by atoms with Crippen molar-refractivity contribution in [2.75, 3.05) is 27.2 Å². The quantitative estimate of drug-likeness (QED) is 0.438. The summed E-state index contributed by atoms with van der Waals surface area (Å²) in [5.74, 6) is 0.429. The molecule has 0 aliphatic heterocycles. The fourth-order valence-electron chi connectivity index (χ4n) is 1.67. The summed E-state index contributed by atoms with van der Waals surface area (Å²) in [4.78, 5) is 24.6. The molecule has 0 amide bonds. The Kier molecular flexibility index (Phi) is 5.36. The van der Waals surface area contributed by atoms with Gasteiger partial charge in [0.05, 0.1) is 12.7 Å². The van der Waals surface area contributed by atoms with Crippen molar-refractivity contribution in [1.82, 2.24) is 14.9 Å². The molecule has 2 rings (SSSR count). The van der Waals surface area contributed by atoms with Gasteiger partial charge in [0.1, 0.15) is 10.6 Å². The van der Waals surface area contributed by atoms with E-state index in [4.69, 9.17) is 9.15 Å². The number of hydrogen-bond donors (Lipinski definition) is 0. The van der Waals surface area contributed by atoms with Gasteiger partial charge in [-0.05, 0) is 27.1 Å². The fraction of sp³-hybridized carbons (Fsp3) is 0.357. The molecule has 9 heteroatoms. The van der Waals surface area contributed by atoms with E-state index in [1.165, 1.54) is 12.1 Å². The van der Waals surface area contributed by atoms with E-state index in [-0.39, 0.29) is 17.6 Å². The Labute approximate surface area is 132 Å². The molecule has 0 aromatic carbocycles. The van der Waals surface area contributed by atoms with Gasteiger partial charge in [-0.15, -0.1) is 0 Å². The minimum absolute atomic E-state index is 0.201. The van der Waals surface area contributed by atoms with Crippen molar-refractivity contribution in [2.24, 2.45) is 4.99 Å². The monoisotopic (exact) mass is 319 g/mol. The van der Waals surface area contributed by atoms with Gasteiger partial charge in [0.25, 0.3) is 5.95 Å². The summed E-state index contributed by atoms with van der Waals surface area (Å²) in [7, 11) is 3.83. The van der Waals surface area contributed by atoms with Crippen LogP contribution in [-0.2, 0) is 0 Å². The molecule has 0 unspecified atom stereocenters. The fourth-order valence-corrected chi connectivity index (χ4v) is 1.67. The van der Waals surface area contributed by atoms with Crippen molar-refractivity contribution >= 4 is 18.0 Å². The second-order valence-electron chi connectivity index (χ2n) is 4.79. The highest BCUT2D eigenvalue weighted by atomic mass is 16.6. The first-order valence-electron chi connectivity index (χ1n) is 6.93. The summed E-state index contributed by atoms with van der Waals surface area (Å²) >= 11 is 0. The predicted molar refractivity (Wildman–Crippen MR) is 84.3 cm³/mol. The Morgan fingerprint density at radius 3 is 2.83 bits per heavy atom. The van der Waals surface area contributed by atoms with Gasteiger partial charge in [-0.1, -0.05) is 0 Å². The Hall–Kier alpha value is -2.81. The first kappa shape index (κ1) is 16.6. The van der Waals surface area contributed by atoms with Crippen LogP contribution >= 0.6 is 0 Å². The molecule has 0 aliphatic rings. The van der Waals surface area contributed by atoms with E-state index in [2.05, 4.69) is 15.0 Å². The number of ether oxygens (including phenoxy) is 1. The lowest BCUT2D eigenvalue weighted by atomic mass is 10.3. The van der Waals surface area contributed by atoms with Crippen molar-refractivity contribution in [2.45, 2.75) is 6.92 Å². The minimum Gasteiger partial charge on any atom is -0.478 e. The largest absolute Gasteiger partial charge is 0.478 e. The molecular formula is C14H17N5O4. The van der Waals surface area contributed by atoms with E-state index in [9.17, 15) is 10.1 Å². The summed E-state index contributed by atoms with van der Waals surface area (Å²) < 4.78 is 10.5. The third kappa shape index (κ3) is 4.58. The number of furan rings is 1. The zero-order chi connectivity index (χ0) is 16.8. The first-order valence-corrected chi connectivity index (χ1v) is 6.93. The standard InChI is InChI=1S/C14H17N5O4/c1-4-22-12-9-10(11-5-6-13(23-11)19(20)21)16-14(17-12)15-7-8-18(2)3/h5-7,9H,4,8H2,1-3H3. The zero-order valence-corrected chi connectivity index (χ0v) is 13.1. The van der Waals surface area contributed by atoms with Gasteiger partial charge in [-0.3, -0.25) is 10.1 Å². The van der Waals surface area contributed by atoms with Gasteiger partial charge in [-0.25, -0.2) is 9.98 Å². The van der Waals surface area contributed by atoms with Crippen LogP contribution in [0, 0.1) is 10.1 Å². The molecule has 2 heterocycles. The third-order valence-electron chi connectivity index (χ3n) is 2.66. The van der Waals surface area contributed by atoms with Crippen LogP contribution in [0.3, 0.4) is 0 Å². The lowest BCUT2D eigenvalue weighted by Crippen LogP contribution is -2.13. The summed E-state index contributed by atoms with van der Waals surface area (Å²) in [6, 6.07) is 4.30. The van der Waals surface area contributed by atoms with Crippen molar-refractivity contribution in [3.05, 3.63) is 28.3 Å². The summed E-state index contributed by atoms with van der Waals surface area (Å²) in [5.41, 5.74) is 0.369.